The lowest BCUT2D eigenvalue weighted by molar-refractivity contribution is -0.384. The maximum Gasteiger partial charge on any atom is 0.276 e. The Kier molecular flexibility index (Phi) is 6.30. The van der Waals surface area contributed by atoms with Gasteiger partial charge in [-0.05, 0) is 48.5 Å². The SMILES string of the molecule is O=C(Nc1cccc(S(=O)(=O)Nc2ccccc2Cl)c1)c1ccn(-c2ccc([N+](=O)[O-])cc2)n1. The molecule has 0 bridgehead atoms. The van der Waals surface area contributed by atoms with Gasteiger partial charge in [0.1, 0.15) is 0 Å². The van der Waals surface area contributed by atoms with E-state index in [1.165, 1.54) is 65.5 Å². The van der Waals surface area contributed by atoms with Gasteiger partial charge in [-0.3, -0.25) is 19.6 Å². The Morgan fingerprint density at radius 3 is 2.44 bits per heavy atom. The van der Waals surface area contributed by atoms with Crippen LogP contribution in [0.4, 0.5) is 17.1 Å². The topological polar surface area (TPSA) is 136 Å². The summed E-state index contributed by atoms with van der Waals surface area (Å²) in [6.45, 7) is 0. The first-order valence-electron chi connectivity index (χ1n) is 9.72. The Morgan fingerprint density at radius 1 is 1.00 bits per heavy atom. The van der Waals surface area contributed by atoms with E-state index < -0.39 is 20.9 Å². The molecular formula is C22H16ClN5O5S. The number of non-ortho nitro benzene ring substituents is 1. The third-order valence-electron chi connectivity index (χ3n) is 4.67. The number of nitro benzene ring substituents is 1. The van der Waals surface area contributed by atoms with Gasteiger partial charge in [-0.25, -0.2) is 13.1 Å². The monoisotopic (exact) mass is 497 g/mol. The second-order valence-electron chi connectivity index (χ2n) is 6.99. The zero-order chi connectivity index (χ0) is 24.3. The molecule has 0 radical (unpaired) electrons. The maximum absolute atomic E-state index is 12.7. The van der Waals surface area contributed by atoms with Crippen molar-refractivity contribution in [2.24, 2.45) is 0 Å². The normalized spacial score (nSPS) is 11.1. The van der Waals surface area contributed by atoms with Crippen molar-refractivity contribution in [3.8, 4) is 5.69 Å². The fourth-order valence-electron chi connectivity index (χ4n) is 3.00. The molecule has 1 amide bonds. The van der Waals surface area contributed by atoms with Gasteiger partial charge in [-0.1, -0.05) is 29.8 Å². The van der Waals surface area contributed by atoms with Gasteiger partial charge in [-0.15, -0.1) is 0 Å². The summed E-state index contributed by atoms with van der Waals surface area (Å²) >= 11 is 6.03. The molecule has 0 spiro atoms. The van der Waals surface area contributed by atoms with Crippen LogP contribution in [-0.4, -0.2) is 29.0 Å². The fraction of sp³-hybridized carbons (Fsp3) is 0. The van der Waals surface area contributed by atoms with Crippen molar-refractivity contribution in [2.45, 2.75) is 4.90 Å². The van der Waals surface area contributed by atoms with Gasteiger partial charge in [0.2, 0.25) is 0 Å². The van der Waals surface area contributed by atoms with E-state index in [1.807, 2.05) is 0 Å². The Morgan fingerprint density at radius 2 is 1.74 bits per heavy atom. The number of rotatable bonds is 7. The standard InChI is InChI=1S/C22H16ClN5O5S/c23-19-6-1-2-7-20(19)26-34(32,33)18-5-3-4-15(14-18)24-22(29)21-12-13-27(25-21)16-8-10-17(11-9-16)28(30)31/h1-14,26H,(H,24,29). The number of hydrogen-bond acceptors (Lipinski definition) is 6. The summed E-state index contributed by atoms with van der Waals surface area (Å²) < 4.78 is 29.3. The van der Waals surface area contributed by atoms with Crippen molar-refractivity contribution in [1.29, 1.82) is 0 Å². The molecule has 3 aromatic carbocycles. The highest BCUT2D eigenvalue weighted by Crippen LogP contribution is 2.25. The number of nitro groups is 1. The van der Waals surface area contributed by atoms with Gasteiger partial charge in [0.25, 0.3) is 21.6 Å². The molecule has 1 aromatic heterocycles. The number of amides is 1. The Hall–Kier alpha value is -4.22. The van der Waals surface area contributed by atoms with Crippen LogP contribution in [0.15, 0.2) is 90.0 Å². The number of para-hydroxylation sites is 1. The largest absolute Gasteiger partial charge is 0.321 e. The van der Waals surface area contributed by atoms with Crippen molar-refractivity contribution < 1.29 is 18.1 Å². The highest BCUT2D eigenvalue weighted by Gasteiger charge is 2.17. The molecule has 0 aliphatic carbocycles. The molecule has 4 rings (SSSR count). The highest BCUT2D eigenvalue weighted by atomic mass is 35.5. The van der Waals surface area contributed by atoms with Gasteiger partial charge in [-0.2, -0.15) is 5.10 Å². The van der Waals surface area contributed by atoms with Crippen LogP contribution >= 0.6 is 11.6 Å². The molecule has 0 atom stereocenters. The van der Waals surface area contributed by atoms with Crippen LogP contribution in [0.1, 0.15) is 10.5 Å². The lowest BCUT2D eigenvalue weighted by Gasteiger charge is -2.11. The first kappa shape index (κ1) is 23.0. The molecule has 172 valence electrons. The number of halogens is 1. The molecule has 34 heavy (non-hydrogen) atoms. The molecule has 0 saturated carbocycles. The summed E-state index contributed by atoms with van der Waals surface area (Å²) in [5.41, 5.74) is 1.02. The van der Waals surface area contributed by atoms with Gasteiger partial charge in [0, 0.05) is 24.0 Å². The summed E-state index contributed by atoms with van der Waals surface area (Å²) in [6, 6.07) is 19.3. The fourth-order valence-corrected chi connectivity index (χ4v) is 4.36. The number of sulfonamides is 1. The number of aromatic nitrogens is 2. The second-order valence-corrected chi connectivity index (χ2v) is 9.08. The Labute approximate surface area is 199 Å². The van der Waals surface area contributed by atoms with Crippen LogP contribution in [0.2, 0.25) is 5.02 Å². The van der Waals surface area contributed by atoms with E-state index >= 15 is 0 Å². The van der Waals surface area contributed by atoms with E-state index in [0.29, 0.717) is 5.69 Å². The average molecular weight is 498 g/mol. The van der Waals surface area contributed by atoms with Gasteiger partial charge < -0.3 is 5.32 Å². The van der Waals surface area contributed by atoms with Crippen LogP contribution in [0.3, 0.4) is 0 Å². The van der Waals surface area contributed by atoms with Crippen molar-refractivity contribution >= 4 is 44.6 Å². The number of hydrogen-bond donors (Lipinski definition) is 2. The predicted octanol–water partition coefficient (Wildman–Crippen LogP) is 4.49. The van der Waals surface area contributed by atoms with E-state index in [1.54, 1.807) is 24.3 Å². The maximum atomic E-state index is 12.7. The van der Waals surface area contributed by atoms with Crippen molar-refractivity contribution in [3.05, 3.63) is 106 Å². The van der Waals surface area contributed by atoms with Crippen molar-refractivity contribution in [2.75, 3.05) is 10.0 Å². The molecule has 4 aromatic rings. The number of anilines is 2. The number of carbonyl (C=O) groups is 1. The van der Waals surface area contributed by atoms with E-state index in [2.05, 4.69) is 15.1 Å². The summed E-state index contributed by atoms with van der Waals surface area (Å²) in [4.78, 5) is 22.9. The van der Waals surface area contributed by atoms with Crippen LogP contribution in [0.5, 0.6) is 0 Å². The molecule has 10 nitrogen and oxygen atoms in total. The van der Waals surface area contributed by atoms with Gasteiger partial charge in [0.05, 0.1) is 26.2 Å². The van der Waals surface area contributed by atoms with E-state index in [9.17, 15) is 23.3 Å². The minimum absolute atomic E-state index is 0.0623. The van der Waals surface area contributed by atoms with E-state index in [4.69, 9.17) is 11.6 Å². The van der Waals surface area contributed by atoms with Crippen LogP contribution in [0, 0.1) is 10.1 Å². The Bertz CT molecular complexity index is 1490. The lowest BCUT2D eigenvalue weighted by atomic mass is 10.3. The lowest BCUT2D eigenvalue weighted by Crippen LogP contribution is -2.15. The number of nitrogens with zero attached hydrogens (tertiary/aromatic N) is 3. The highest BCUT2D eigenvalue weighted by molar-refractivity contribution is 7.92. The molecule has 0 fully saturated rings. The van der Waals surface area contributed by atoms with Crippen LogP contribution in [0.25, 0.3) is 5.69 Å². The number of nitrogens with one attached hydrogen (secondary N) is 2. The summed E-state index contributed by atoms with van der Waals surface area (Å²) in [7, 11) is -3.95. The molecule has 1 heterocycles. The van der Waals surface area contributed by atoms with Crippen molar-refractivity contribution in [1.82, 2.24) is 9.78 Å². The van der Waals surface area contributed by atoms with E-state index in [-0.39, 0.29) is 32.7 Å². The average Bonchev–Trinajstić information content (AvgIpc) is 3.31. The zero-order valence-corrected chi connectivity index (χ0v) is 18.8. The molecule has 12 heteroatoms. The first-order valence-corrected chi connectivity index (χ1v) is 11.6. The quantitative estimate of drug-likeness (QED) is 0.285. The molecule has 2 N–H and O–H groups in total. The smallest absolute Gasteiger partial charge is 0.276 e. The molecule has 0 aliphatic heterocycles. The van der Waals surface area contributed by atoms with Gasteiger partial charge >= 0.3 is 0 Å². The molecule has 0 aliphatic rings. The minimum Gasteiger partial charge on any atom is -0.321 e. The van der Waals surface area contributed by atoms with Crippen LogP contribution < -0.4 is 10.0 Å². The minimum atomic E-state index is -3.95. The first-order chi connectivity index (χ1) is 16.2. The summed E-state index contributed by atoms with van der Waals surface area (Å²) in [5.74, 6) is -0.561. The van der Waals surface area contributed by atoms with Crippen molar-refractivity contribution in [3.63, 3.8) is 0 Å². The number of carbonyl (C=O) groups excluding carboxylic acids is 1. The summed E-state index contributed by atoms with van der Waals surface area (Å²) in [5, 5.41) is 17.8. The zero-order valence-electron chi connectivity index (χ0n) is 17.3. The molecule has 0 unspecified atom stereocenters. The molecular weight excluding hydrogens is 482 g/mol. The summed E-state index contributed by atoms with van der Waals surface area (Å²) in [6.07, 6.45) is 1.53. The molecule has 0 saturated heterocycles. The van der Waals surface area contributed by atoms with E-state index in [0.717, 1.165) is 0 Å². The van der Waals surface area contributed by atoms with Gasteiger partial charge in [0.15, 0.2) is 5.69 Å². The van der Waals surface area contributed by atoms with Crippen LogP contribution in [-0.2, 0) is 10.0 Å². The Balaban J connectivity index is 1.49. The number of benzene rings is 3. The third-order valence-corrected chi connectivity index (χ3v) is 6.36. The third kappa shape index (κ3) is 5.05. The predicted molar refractivity (Wildman–Crippen MR) is 127 cm³/mol. The second kappa shape index (κ2) is 9.33.